The van der Waals surface area contributed by atoms with Crippen molar-refractivity contribution in [1.82, 2.24) is 4.31 Å². The number of halogens is 2. The number of phenols is 1. The number of rotatable bonds is 4. The molecular formula is C9H11BrClNO2S. The molecule has 1 rings (SSSR count). The number of aromatic hydroxyl groups is 1. The molecule has 84 valence electrons. The Kier molecular flexibility index (Phi) is 5.05. The largest absolute Gasteiger partial charge is 0.507 e. The molecule has 1 atom stereocenters. The van der Waals surface area contributed by atoms with Gasteiger partial charge in [0, 0.05) is 23.9 Å². The Morgan fingerprint density at radius 1 is 1.60 bits per heavy atom. The molecule has 0 radical (unpaired) electrons. The third-order valence-electron chi connectivity index (χ3n) is 1.79. The van der Waals surface area contributed by atoms with Gasteiger partial charge in [-0.25, -0.2) is 8.51 Å². The third kappa shape index (κ3) is 3.45. The van der Waals surface area contributed by atoms with Gasteiger partial charge in [0.25, 0.3) is 0 Å². The lowest BCUT2D eigenvalue weighted by Crippen LogP contribution is -2.23. The van der Waals surface area contributed by atoms with E-state index >= 15 is 0 Å². The molecule has 0 aromatic heterocycles. The predicted octanol–water partition coefficient (Wildman–Crippen LogP) is 2.35. The van der Waals surface area contributed by atoms with Crippen LogP contribution in [-0.2, 0) is 11.0 Å². The number of alkyl halides is 1. The first-order valence-electron chi connectivity index (χ1n) is 4.23. The maximum absolute atomic E-state index is 11.9. The second-order valence-corrected chi connectivity index (χ2v) is 5.76. The first-order chi connectivity index (χ1) is 7.06. The van der Waals surface area contributed by atoms with Crippen molar-refractivity contribution in [1.29, 1.82) is 0 Å². The van der Waals surface area contributed by atoms with Gasteiger partial charge < -0.3 is 5.11 Å². The fourth-order valence-corrected chi connectivity index (χ4v) is 2.93. The van der Waals surface area contributed by atoms with E-state index in [1.165, 1.54) is 6.07 Å². The minimum Gasteiger partial charge on any atom is -0.507 e. The van der Waals surface area contributed by atoms with Crippen LogP contribution in [0.4, 0.5) is 0 Å². The average Bonchev–Trinajstić information content (AvgIpc) is 2.21. The molecule has 0 aliphatic rings. The van der Waals surface area contributed by atoms with Crippen molar-refractivity contribution < 1.29 is 9.32 Å². The van der Waals surface area contributed by atoms with Gasteiger partial charge >= 0.3 is 0 Å². The predicted molar refractivity (Wildman–Crippen MR) is 65.6 cm³/mol. The summed E-state index contributed by atoms with van der Waals surface area (Å²) in [5, 5.41) is 9.55. The van der Waals surface area contributed by atoms with Crippen molar-refractivity contribution in [3.63, 3.8) is 0 Å². The molecular weight excluding hydrogens is 302 g/mol. The van der Waals surface area contributed by atoms with Crippen LogP contribution in [0.5, 0.6) is 5.75 Å². The number of nitrogens with zero attached hydrogens (tertiary/aromatic N) is 1. The Hall–Kier alpha value is -0.100. The second-order valence-electron chi connectivity index (χ2n) is 2.90. The second kappa shape index (κ2) is 5.84. The van der Waals surface area contributed by atoms with Crippen molar-refractivity contribution >= 4 is 38.5 Å². The summed E-state index contributed by atoms with van der Waals surface area (Å²) in [5.74, 6) is 0.426. The van der Waals surface area contributed by atoms with E-state index < -0.39 is 11.0 Å². The molecule has 0 saturated carbocycles. The van der Waals surface area contributed by atoms with Crippen LogP contribution in [0, 0.1) is 0 Å². The van der Waals surface area contributed by atoms with Gasteiger partial charge in [-0.2, -0.15) is 0 Å². The summed E-state index contributed by atoms with van der Waals surface area (Å²) >= 11 is 8.81. The highest BCUT2D eigenvalue weighted by Crippen LogP contribution is 2.25. The van der Waals surface area contributed by atoms with E-state index in [-0.39, 0.29) is 5.75 Å². The zero-order valence-corrected chi connectivity index (χ0v) is 11.3. The molecule has 0 fully saturated rings. The van der Waals surface area contributed by atoms with E-state index in [1.807, 2.05) is 0 Å². The molecule has 0 bridgehead atoms. The summed E-state index contributed by atoms with van der Waals surface area (Å²) < 4.78 is 14.3. The number of phenolic OH excluding ortho intramolecular Hbond substituents is 1. The molecule has 1 aromatic rings. The summed E-state index contributed by atoms with van der Waals surface area (Å²) in [5.41, 5.74) is 0. The molecule has 0 saturated heterocycles. The molecule has 3 nitrogen and oxygen atoms in total. The quantitative estimate of drug-likeness (QED) is 0.867. The van der Waals surface area contributed by atoms with E-state index in [4.69, 9.17) is 11.6 Å². The molecule has 6 heteroatoms. The van der Waals surface area contributed by atoms with E-state index in [9.17, 15) is 9.32 Å². The van der Waals surface area contributed by atoms with Crippen LogP contribution in [0.25, 0.3) is 0 Å². The number of hydrogen-bond donors (Lipinski definition) is 1. The normalized spacial score (nSPS) is 13.1. The van der Waals surface area contributed by atoms with Crippen LogP contribution in [0.3, 0.4) is 0 Å². The summed E-state index contributed by atoms with van der Waals surface area (Å²) in [7, 11) is 0.312. The zero-order valence-electron chi connectivity index (χ0n) is 8.11. The van der Waals surface area contributed by atoms with Gasteiger partial charge in [0.05, 0.1) is 4.90 Å². The number of hydrogen-bond acceptors (Lipinski definition) is 2. The van der Waals surface area contributed by atoms with E-state index in [0.717, 1.165) is 4.47 Å². The fraction of sp³-hybridized carbons (Fsp3) is 0.333. The fourth-order valence-electron chi connectivity index (χ4n) is 0.998. The maximum Gasteiger partial charge on any atom is 0.133 e. The Labute approximate surface area is 105 Å². The van der Waals surface area contributed by atoms with Crippen molar-refractivity contribution in [2.75, 3.05) is 19.5 Å². The lowest BCUT2D eigenvalue weighted by molar-refractivity contribution is 0.457. The highest BCUT2D eigenvalue weighted by Gasteiger charge is 2.14. The van der Waals surface area contributed by atoms with Crippen molar-refractivity contribution in [3.8, 4) is 5.75 Å². The van der Waals surface area contributed by atoms with Crippen LogP contribution in [-0.4, -0.2) is 33.1 Å². The number of benzene rings is 1. The van der Waals surface area contributed by atoms with E-state index in [1.54, 1.807) is 23.5 Å². The summed E-state index contributed by atoms with van der Waals surface area (Å²) in [6, 6.07) is 4.83. The molecule has 0 aliphatic carbocycles. The van der Waals surface area contributed by atoms with Gasteiger partial charge in [0.2, 0.25) is 0 Å². The summed E-state index contributed by atoms with van der Waals surface area (Å²) in [6.07, 6.45) is 0. The Balaban J connectivity index is 2.95. The molecule has 1 N–H and O–H groups in total. The maximum atomic E-state index is 11.9. The smallest absolute Gasteiger partial charge is 0.133 e. The van der Waals surface area contributed by atoms with Gasteiger partial charge in [0.1, 0.15) is 16.7 Å². The topological polar surface area (TPSA) is 40.5 Å². The van der Waals surface area contributed by atoms with Gasteiger partial charge in [0.15, 0.2) is 0 Å². The van der Waals surface area contributed by atoms with Crippen LogP contribution in [0.1, 0.15) is 0 Å². The molecule has 0 aliphatic heterocycles. The minimum absolute atomic E-state index is 0.0259. The Morgan fingerprint density at radius 3 is 2.87 bits per heavy atom. The molecule has 15 heavy (non-hydrogen) atoms. The monoisotopic (exact) mass is 311 g/mol. The summed E-state index contributed by atoms with van der Waals surface area (Å²) in [4.78, 5) is 0.386. The zero-order chi connectivity index (χ0) is 11.4. The first kappa shape index (κ1) is 13.0. The van der Waals surface area contributed by atoms with Crippen molar-refractivity contribution in [3.05, 3.63) is 22.7 Å². The molecule has 0 amide bonds. The van der Waals surface area contributed by atoms with Crippen LogP contribution >= 0.6 is 27.5 Å². The average molecular weight is 313 g/mol. The van der Waals surface area contributed by atoms with Gasteiger partial charge in [-0.05, 0) is 18.2 Å². The SMILES string of the molecule is CN(CCCl)S(=O)c1cc(Br)ccc1O. The Morgan fingerprint density at radius 2 is 2.27 bits per heavy atom. The van der Waals surface area contributed by atoms with Gasteiger partial charge in [-0.3, -0.25) is 0 Å². The van der Waals surface area contributed by atoms with Crippen LogP contribution < -0.4 is 0 Å². The molecule has 0 spiro atoms. The van der Waals surface area contributed by atoms with Crippen molar-refractivity contribution in [2.45, 2.75) is 4.90 Å². The van der Waals surface area contributed by atoms with Crippen LogP contribution in [0.2, 0.25) is 0 Å². The van der Waals surface area contributed by atoms with Gasteiger partial charge in [-0.15, -0.1) is 11.6 Å². The van der Waals surface area contributed by atoms with Crippen molar-refractivity contribution in [2.24, 2.45) is 0 Å². The third-order valence-corrected chi connectivity index (χ3v) is 3.91. The highest BCUT2D eigenvalue weighted by molar-refractivity contribution is 9.10. The minimum atomic E-state index is -1.38. The first-order valence-corrected chi connectivity index (χ1v) is 6.67. The lowest BCUT2D eigenvalue weighted by atomic mass is 10.3. The van der Waals surface area contributed by atoms with E-state index in [0.29, 0.717) is 17.3 Å². The molecule has 1 aromatic carbocycles. The molecule has 0 heterocycles. The van der Waals surface area contributed by atoms with Crippen LogP contribution in [0.15, 0.2) is 27.6 Å². The summed E-state index contributed by atoms with van der Waals surface area (Å²) in [6.45, 7) is 0.500. The highest BCUT2D eigenvalue weighted by atomic mass is 79.9. The molecule has 1 unspecified atom stereocenters. The van der Waals surface area contributed by atoms with Gasteiger partial charge in [-0.1, -0.05) is 15.9 Å². The lowest BCUT2D eigenvalue weighted by Gasteiger charge is -2.14. The Bertz CT molecular complexity index is 375. The van der Waals surface area contributed by atoms with E-state index in [2.05, 4.69) is 15.9 Å². The standard InChI is InChI=1S/C9H11BrClNO2S/c1-12(5-4-11)15(14)9-6-7(10)2-3-8(9)13/h2-3,6,13H,4-5H2,1H3.